The van der Waals surface area contributed by atoms with Gasteiger partial charge in [0.2, 0.25) is 10.0 Å². The monoisotopic (exact) mass is 271 g/mol. The molecule has 0 radical (unpaired) electrons. The molecule has 1 heterocycles. The van der Waals surface area contributed by atoms with Gasteiger partial charge in [-0.05, 0) is 13.3 Å². The van der Waals surface area contributed by atoms with Crippen molar-refractivity contribution in [2.75, 3.05) is 31.3 Å². The van der Waals surface area contributed by atoms with Crippen LogP contribution in [0.2, 0.25) is 0 Å². The molecule has 0 aliphatic carbocycles. The minimum absolute atomic E-state index is 0.0569. The van der Waals surface area contributed by atoms with Crippen molar-refractivity contribution in [2.45, 2.75) is 25.6 Å². The van der Waals surface area contributed by atoms with Crippen LogP contribution in [0.4, 0.5) is 0 Å². The summed E-state index contributed by atoms with van der Waals surface area (Å²) in [4.78, 5) is 0. The third kappa shape index (κ3) is 3.85. The van der Waals surface area contributed by atoms with Crippen LogP contribution in [0.1, 0.15) is 13.3 Å². The molecule has 7 heteroatoms. The first-order valence-electron chi connectivity index (χ1n) is 5.29. The van der Waals surface area contributed by atoms with Gasteiger partial charge in [0, 0.05) is 19.0 Å². The van der Waals surface area contributed by atoms with Crippen LogP contribution in [0.5, 0.6) is 0 Å². The Labute approximate surface area is 101 Å². The molecule has 1 fully saturated rings. The molecule has 0 amide bonds. The molecule has 2 unspecified atom stereocenters. The highest BCUT2D eigenvalue weighted by molar-refractivity contribution is 7.89. The summed E-state index contributed by atoms with van der Waals surface area (Å²) in [6, 6.07) is 0. The van der Waals surface area contributed by atoms with Crippen LogP contribution in [0.25, 0.3) is 0 Å². The van der Waals surface area contributed by atoms with E-state index in [9.17, 15) is 8.42 Å². The second-order valence-corrected chi connectivity index (χ2v) is 6.39. The first-order valence-corrected chi connectivity index (χ1v) is 7.44. The van der Waals surface area contributed by atoms with E-state index >= 15 is 0 Å². The van der Waals surface area contributed by atoms with Crippen LogP contribution in [-0.2, 0) is 14.8 Å². The molecule has 2 atom stereocenters. The summed E-state index contributed by atoms with van der Waals surface area (Å²) in [6.45, 7) is 2.21. The topological polar surface area (TPSA) is 66.8 Å². The van der Waals surface area contributed by atoms with Crippen molar-refractivity contribution in [3.63, 3.8) is 0 Å². The van der Waals surface area contributed by atoms with E-state index in [0.29, 0.717) is 18.8 Å². The fourth-order valence-corrected chi connectivity index (χ4v) is 3.59. The average Bonchev–Trinajstić information content (AvgIpc) is 2.25. The second-order valence-electron chi connectivity index (χ2n) is 3.93. The number of alkyl halides is 1. The second kappa shape index (κ2) is 6.16. The molecular formula is C9H18ClNO4S. The van der Waals surface area contributed by atoms with Gasteiger partial charge in [0.05, 0.1) is 24.6 Å². The predicted molar refractivity (Wildman–Crippen MR) is 62.1 cm³/mol. The molecule has 0 aromatic carbocycles. The molecule has 96 valence electrons. The lowest BCUT2D eigenvalue weighted by Gasteiger charge is -2.35. The smallest absolute Gasteiger partial charge is 0.214 e. The molecule has 1 aliphatic heterocycles. The standard InChI is InChI=1S/C9H18ClNO4S/c1-8-5-11(6-9(7-12)15-8)16(13,14)4-2-3-10/h8-9,12H,2-7H2,1H3. The summed E-state index contributed by atoms with van der Waals surface area (Å²) >= 11 is 5.48. The van der Waals surface area contributed by atoms with Crippen molar-refractivity contribution in [2.24, 2.45) is 0 Å². The summed E-state index contributed by atoms with van der Waals surface area (Å²) in [5.74, 6) is 0.393. The first kappa shape index (κ1) is 14.2. The molecule has 5 nitrogen and oxygen atoms in total. The summed E-state index contributed by atoms with van der Waals surface area (Å²) in [5.41, 5.74) is 0. The summed E-state index contributed by atoms with van der Waals surface area (Å²) < 4.78 is 30.5. The van der Waals surface area contributed by atoms with Crippen LogP contribution in [0.15, 0.2) is 0 Å². The number of ether oxygens (including phenoxy) is 1. The van der Waals surface area contributed by atoms with Crippen molar-refractivity contribution in [3.05, 3.63) is 0 Å². The minimum Gasteiger partial charge on any atom is -0.394 e. The highest BCUT2D eigenvalue weighted by Gasteiger charge is 2.31. The van der Waals surface area contributed by atoms with E-state index in [0.717, 1.165) is 0 Å². The number of aliphatic hydroxyl groups excluding tert-OH is 1. The van der Waals surface area contributed by atoms with Gasteiger partial charge in [0.1, 0.15) is 0 Å². The lowest BCUT2D eigenvalue weighted by molar-refractivity contribution is -0.0750. The van der Waals surface area contributed by atoms with Gasteiger partial charge in [0.15, 0.2) is 0 Å². The Kier molecular flexibility index (Phi) is 5.46. The maximum atomic E-state index is 11.9. The van der Waals surface area contributed by atoms with Gasteiger partial charge in [-0.15, -0.1) is 11.6 Å². The molecule has 0 bridgehead atoms. The number of aliphatic hydroxyl groups is 1. The largest absolute Gasteiger partial charge is 0.394 e. The van der Waals surface area contributed by atoms with Crippen LogP contribution >= 0.6 is 11.6 Å². The Morgan fingerprint density at radius 1 is 1.50 bits per heavy atom. The predicted octanol–water partition coefficient (Wildman–Crippen LogP) is 0.0267. The van der Waals surface area contributed by atoms with Gasteiger partial charge in [0.25, 0.3) is 0 Å². The number of hydrogen-bond acceptors (Lipinski definition) is 4. The molecule has 0 spiro atoms. The number of hydrogen-bond donors (Lipinski definition) is 1. The van der Waals surface area contributed by atoms with Gasteiger partial charge in [-0.1, -0.05) is 0 Å². The third-order valence-electron chi connectivity index (χ3n) is 2.43. The number of rotatable bonds is 5. The van der Waals surface area contributed by atoms with Gasteiger partial charge in [-0.3, -0.25) is 0 Å². The van der Waals surface area contributed by atoms with Crippen LogP contribution in [0.3, 0.4) is 0 Å². The normalized spacial score (nSPS) is 28.2. The fourth-order valence-electron chi connectivity index (χ4n) is 1.70. The highest BCUT2D eigenvalue weighted by Crippen LogP contribution is 2.15. The summed E-state index contributed by atoms with van der Waals surface area (Å²) in [7, 11) is -3.26. The Balaban J connectivity index is 2.64. The van der Waals surface area contributed by atoms with Crippen LogP contribution in [0, 0.1) is 0 Å². The molecule has 1 aliphatic rings. The fraction of sp³-hybridized carbons (Fsp3) is 1.00. The summed E-state index contributed by atoms with van der Waals surface area (Å²) in [5, 5.41) is 9.00. The van der Waals surface area contributed by atoms with Gasteiger partial charge < -0.3 is 9.84 Å². The highest BCUT2D eigenvalue weighted by atomic mass is 35.5. The van der Waals surface area contributed by atoms with Crippen molar-refractivity contribution in [3.8, 4) is 0 Å². The lowest BCUT2D eigenvalue weighted by atomic mass is 10.2. The lowest BCUT2D eigenvalue weighted by Crippen LogP contribution is -2.50. The molecular weight excluding hydrogens is 254 g/mol. The molecule has 1 saturated heterocycles. The Bertz CT molecular complexity index is 309. The quantitative estimate of drug-likeness (QED) is 0.717. The van der Waals surface area contributed by atoms with Crippen molar-refractivity contribution >= 4 is 21.6 Å². The van der Waals surface area contributed by atoms with Crippen molar-refractivity contribution < 1.29 is 18.3 Å². The number of sulfonamides is 1. The molecule has 0 saturated carbocycles. The molecule has 16 heavy (non-hydrogen) atoms. The van der Waals surface area contributed by atoms with Crippen molar-refractivity contribution in [1.82, 2.24) is 4.31 Å². The molecule has 0 aromatic rings. The maximum absolute atomic E-state index is 11.9. The minimum atomic E-state index is -3.26. The van der Waals surface area contributed by atoms with E-state index < -0.39 is 16.1 Å². The zero-order valence-corrected chi connectivity index (χ0v) is 10.9. The van der Waals surface area contributed by atoms with Gasteiger partial charge >= 0.3 is 0 Å². The Morgan fingerprint density at radius 3 is 2.75 bits per heavy atom. The van der Waals surface area contributed by atoms with E-state index in [-0.39, 0.29) is 25.0 Å². The van der Waals surface area contributed by atoms with Crippen LogP contribution < -0.4 is 0 Å². The average molecular weight is 272 g/mol. The molecule has 1 rings (SSSR count). The molecule has 1 N–H and O–H groups in total. The number of morpholine rings is 1. The van der Waals surface area contributed by atoms with E-state index in [1.165, 1.54) is 4.31 Å². The van der Waals surface area contributed by atoms with Gasteiger partial charge in [-0.2, -0.15) is 4.31 Å². The zero-order valence-electron chi connectivity index (χ0n) is 9.30. The SMILES string of the molecule is CC1CN(S(=O)(=O)CCCCl)CC(CO)O1. The van der Waals surface area contributed by atoms with E-state index in [2.05, 4.69) is 0 Å². The van der Waals surface area contributed by atoms with Crippen molar-refractivity contribution in [1.29, 1.82) is 0 Å². The van der Waals surface area contributed by atoms with E-state index in [1.54, 1.807) is 6.92 Å². The zero-order chi connectivity index (χ0) is 12.2. The van der Waals surface area contributed by atoms with Crippen LogP contribution in [-0.4, -0.2) is 61.4 Å². The first-order chi connectivity index (χ1) is 7.49. The summed E-state index contributed by atoms with van der Waals surface area (Å²) in [6.07, 6.45) is -0.161. The van der Waals surface area contributed by atoms with E-state index in [1.807, 2.05) is 0 Å². The Hall–Kier alpha value is 0.120. The Morgan fingerprint density at radius 2 is 2.19 bits per heavy atom. The van der Waals surface area contributed by atoms with Gasteiger partial charge in [-0.25, -0.2) is 8.42 Å². The van der Waals surface area contributed by atoms with E-state index in [4.69, 9.17) is 21.4 Å². The number of halogens is 1. The third-order valence-corrected chi connectivity index (χ3v) is 4.58. The number of nitrogens with zero attached hydrogens (tertiary/aromatic N) is 1. The maximum Gasteiger partial charge on any atom is 0.214 e. The molecule has 0 aromatic heterocycles.